The Morgan fingerprint density at radius 2 is 1.69 bits per heavy atom. The molecule has 0 N–H and O–H groups in total. The average Bonchev–Trinajstić information content (AvgIpc) is 3.30. The third-order valence-electron chi connectivity index (χ3n) is 7.35. The number of para-hydroxylation sites is 1. The van der Waals surface area contributed by atoms with Crippen LogP contribution in [-0.2, 0) is 13.0 Å². The van der Waals surface area contributed by atoms with E-state index in [0.29, 0.717) is 30.4 Å². The highest BCUT2D eigenvalue weighted by molar-refractivity contribution is 5.97. The molecule has 7 nitrogen and oxygen atoms in total. The summed E-state index contributed by atoms with van der Waals surface area (Å²) in [5.41, 5.74) is 3.35. The maximum atomic E-state index is 13.9. The van der Waals surface area contributed by atoms with Crippen molar-refractivity contribution in [2.75, 3.05) is 44.7 Å². The first-order chi connectivity index (χ1) is 18.7. The summed E-state index contributed by atoms with van der Waals surface area (Å²) in [5, 5.41) is 5.03. The van der Waals surface area contributed by atoms with Crippen molar-refractivity contribution in [2.24, 2.45) is 5.92 Å². The van der Waals surface area contributed by atoms with Crippen molar-refractivity contribution in [3.63, 3.8) is 0 Å². The second kappa shape index (κ2) is 12.6. The number of aryl methyl sites for hydroxylation is 1. The van der Waals surface area contributed by atoms with Gasteiger partial charge in [0, 0.05) is 44.3 Å². The second-order valence-electron chi connectivity index (χ2n) is 10.9. The van der Waals surface area contributed by atoms with Crippen LogP contribution in [-0.4, -0.2) is 71.4 Å². The Bertz CT molecular complexity index is 1250. The molecule has 0 radical (unpaired) electrons. The molecule has 0 bridgehead atoms. The van der Waals surface area contributed by atoms with Gasteiger partial charge in [0.25, 0.3) is 5.91 Å². The van der Waals surface area contributed by atoms with Crippen molar-refractivity contribution in [3.8, 4) is 11.4 Å². The Morgan fingerprint density at radius 1 is 1.03 bits per heavy atom. The second-order valence-corrected chi connectivity index (χ2v) is 10.9. The van der Waals surface area contributed by atoms with Crippen LogP contribution in [0.25, 0.3) is 5.69 Å². The Balaban J connectivity index is 1.79. The third kappa shape index (κ3) is 6.44. The molecule has 0 atom stereocenters. The van der Waals surface area contributed by atoms with Crippen LogP contribution in [0.3, 0.4) is 0 Å². The normalized spacial score (nSPS) is 14.3. The van der Waals surface area contributed by atoms with E-state index in [1.165, 1.54) is 12.1 Å². The van der Waals surface area contributed by atoms with Crippen molar-refractivity contribution in [1.29, 1.82) is 0 Å². The Kier molecular flexibility index (Phi) is 9.28. The smallest absolute Gasteiger partial charge is 0.257 e. The van der Waals surface area contributed by atoms with Gasteiger partial charge in [-0.05, 0) is 62.6 Å². The molecular weight excluding hydrogens is 493 g/mol. The summed E-state index contributed by atoms with van der Waals surface area (Å²) in [6.45, 7) is 15.4. The molecule has 210 valence electrons. The van der Waals surface area contributed by atoms with E-state index in [0.717, 1.165) is 55.4 Å². The number of hydrogen-bond acceptors (Lipinski definition) is 5. The number of rotatable bonds is 10. The quantitative estimate of drug-likeness (QED) is 0.348. The number of piperazine rings is 1. The summed E-state index contributed by atoms with van der Waals surface area (Å²) < 4.78 is 21.3. The molecule has 0 spiro atoms. The predicted molar refractivity (Wildman–Crippen MR) is 154 cm³/mol. The van der Waals surface area contributed by atoms with Gasteiger partial charge in [-0.25, -0.2) is 9.07 Å². The summed E-state index contributed by atoms with van der Waals surface area (Å²) in [5.74, 6) is 1.49. The molecule has 0 aliphatic carbocycles. The highest BCUT2D eigenvalue weighted by Gasteiger charge is 2.30. The lowest BCUT2D eigenvalue weighted by molar-refractivity contribution is 0.0719. The first kappa shape index (κ1) is 28.6. The van der Waals surface area contributed by atoms with Crippen molar-refractivity contribution >= 4 is 11.7 Å². The van der Waals surface area contributed by atoms with E-state index in [1.54, 1.807) is 19.2 Å². The third-order valence-corrected chi connectivity index (χ3v) is 7.35. The van der Waals surface area contributed by atoms with Crippen LogP contribution >= 0.6 is 0 Å². The fourth-order valence-electron chi connectivity index (χ4n) is 5.31. The van der Waals surface area contributed by atoms with Crippen LogP contribution in [0.4, 0.5) is 10.2 Å². The number of carbonyl (C=O) groups is 1. The molecule has 1 amide bonds. The Morgan fingerprint density at radius 3 is 2.28 bits per heavy atom. The lowest BCUT2D eigenvalue weighted by Crippen LogP contribution is -2.49. The lowest BCUT2D eigenvalue weighted by atomic mass is 10.1. The van der Waals surface area contributed by atoms with E-state index in [4.69, 9.17) is 9.84 Å². The number of nitrogens with zero attached hydrogens (tertiary/aromatic N) is 5. The molecule has 1 aliphatic rings. The van der Waals surface area contributed by atoms with E-state index in [-0.39, 0.29) is 17.6 Å². The van der Waals surface area contributed by atoms with Gasteiger partial charge in [0.1, 0.15) is 17.4 Å². The van der Waals surface area contributed by atoms with Gasteiger partial charge in [0.15, 0.2) is 0 Å². The molecule has 0 unspecified atom stereocenters. The molecule has 2 heterocycles. The number of halogens is 1. The Hall–Kier alpha value is -3.39. The van der Waals surface area contributed by atoms with Gasteiger partial charge in [-0.1, -0.05) is 32.9 Å². The number of methoxy groups -OCH3 is 1. The van der Waals surface area contributed by atoms with Gasteiger partial charge in [-0.3, -0.25) is 9.69 Å². The van der Waals surface area contributed by atoms with Gasteiger partial charge >= 0.3 is 0 Å². The van der Waals surface area contributed by atoms with Gasteiger partial charge in [-0.2, -0.15) is 5.10 Å². The highest BCUT2D eigenvalue weighted by atomic mass is 19.1. The molecule has 1 fully saturated rings. The van der Waals surface area contributed by atoms with Crippen molar-refractivity contribution in [2.45, 2.75) is 53.6 Å². The molecule has 2 aromatic carbocycles. The maximum absolute atomic E-state index is 13.9. The van der Waals surface area contributed by atoms with Crippen LogP contribution < -0.4 is 9.64 Å². The fraction of sp³-hybridized carbons (Fsp3) is 0.484. The number of anilines is 1. The number of benzene rings is 2. The largest absolute Gasteiger partial charge is 0.496 e. The van der Waals surface area contributed by atoms with E-state index in [2.05, 4.69) is 44.4 Å². The summed E-state index contributed by atoms with van der Waals surface area (Å²) in [7, 11) is 1.59. The van der Waals surface area contributed by atoms with Crippen LogP contribution in [0.2, 0.25) is 0 Å². The summed E-state index contributed by atoms with van der Waals surface area (Å²) in [6, 6.07) is 14.4. The van der Waals surface area contributed by atoms with Gasteiger partial charge in [0.05, 0.1) is 30.6 Å². The zero-order valence-corrected chi connectivity index (χ0v) is 24.2. The predicted octanol–water partition coefficient (Wildman–Crippen LogP) is 5.41. The summed E-state index contributed by atoms with van der Waals surface area (Å²) >= 11 is 0. The summed E-state index contributed by atoms with van der Waals surface area (Å²) in [6.07, 6.45) is 0.723. The monoisotopic (exact) mass is 535 g/mol. The van der Waals surface area contributed by atoms with Crippen molar-refractivity contribution < 1.29 is 13.9 Å². The van der Waals surface area contributed by atoms with Crippen LogP contribution in [0.15, 0.2) is 48.5 Å². The van der Waals surface area contributed by atoms with E-state index < -0.39 is 0 Å². The van der Waals surface area contributed by atoms with Crippen molar-refractivity contribution in [1.82, 2.24) is 19.6 Å². The lowest BCUT2D eigenvalue weighted by Gasteiger charge is -2.38. The number of hydrogen-bond donors (Lipinski definition) is 0. The molecule has 1 saturated heterocycles. The summed E-state index contributed by atoms with van der Waals surface area (Å²) in [4.78, 5) is 20.7. The molecule has 1 aromatic heterocycles. The minimum Gasteiger partial charge on any atom is -0.496 e. The number of amides is 1. The zero-order valence-electron chi connectivity index (χ0n) is 24.2. The van der Waals surface area contributed by atoms with E-state index >= 15 is 0 Å². The van der Waals surface area contributed by atoms with Gasteiger partial charge in [0.2, 0.25) is 0 Å². The average molecular weight is 536 g/mol. The minimum atomic E-state index is -0.278. The molecule has 4 rings (SSSR count). The number of aromatic nitrogens is 2. The standard InChI is InChI=1S/C31H42FN5O2/c1-7-28-27(21-36(20-22(2)3)31(38)26-10-8-9-11-29(26)39-6)30(35-18-16-34(17-19-35)23(4)5)37(33-28)25-14-12-24(32)13-15-25/h8-15,22-23H,7,16-21H2,1-6H3. The molecule has 0 saturated carbocycles. The van der Waals surface area contributed by atoms with E-state index in [1.807, 2.05) is 33.8 Å². The zero-order chi connectivity index (χ0) is 28.1. The van der Waals surface area contributed by atoms with Crippen LogP contribution in [0.1, 0.15) is 56.2 Å². The van der Waals surface area contributed by atoms with Crippen LogP contribution in [0.5, 0.6) is 5.75 Å². The number of ether oxygens (including phenoxy) is 1. The minimum absolute atomic E-state index is 0.0617. The SMILES string of the molecule is CCc1nn(-c2ccc(F)cc2)c(N2CCN(C(C)C)CC2)c1CN(CC(C)C)C(=O)c1ccccc1OC. The molecule has 8 heteroatoms. The fourth-order valence-corrected chi connectivity index (χ4v) is 5.31. The number of carbonyl (C=O) groups excluding carboxylic acids is 1. The van der Waals surface area contributed by atoms with Crippen molar-refractivity contribution in [3.05, 3.63) is 71.2 Å². The first-order valence-corrected chi connectivity index (χ1v) is 14.0. The van der Waals surface area contributed by atoms with E-state index in [9.17, 15) is 9.18 Å². The molecule has 1 aliphatic heterocycles. The molecular formula is C31H42FN5O2. The highest BCUT2D eigenvalue weighted by Crippen LogP contribution is 2.32. The van der Waals surface area contributed by atoms with Gasteiger partial charge in [-0.15, -0.1) is 0 Å². The maximum Gasteiger partial charge on any atom is 0.257 e. The molecule has 3 aromatic rings. The first-order valence-electron chi connectivity index (χ1n) is 14.0. The Labute approximate surface area is 232 Å². The van der Waals surface area contributed by atoms with Crippen LogP contribution in [0, 0.1) is 11.7 Å². The topological polar surface area (TPSA) is 53.8 Å². The van der Waals surface area contributed by atoms with Gasteiger partial charge < -0.3 is 14.5 Å². The molecule has 39 heavy (non-hydrogen) atoms.